The molecule has 3 aromatic carbocycles. The van der Waals surface area contributed by atoms with E-state index in [4.69, 9.17) is 9.68 Å². The molecule has 0 saturated carbocycles. The van der Waals surface area contributed by atoms with Crippen LogP contribution in [0.4, 0.5) is 8.78 Å². The van der Waals surface area contributed by atoms with Crippen LogP contribution in [0, 0.1) is 11.6 Å². The van der Waals surface area contributed by atoms with Gasteiger partial charge in [-0.1, -0.05) is 76.8 Å². The van der Waals surface area contributed by atoms with E-state index in [0.29, 0.717) is 0 Å². The third-order valence-electron chi connectivity index (χ3n) is 7.38. The second-order valence-corrected chi connectivity index (χ2v) is 11.0. The first kappa shape index (κ1) is 36.3. The van der Waals surface area contributed by atoms with E-state index in [2.05, 4.69) is 61.6 Å². The van der Waals surface area contributed by atoms with Gasteiger partial charge in [0.25, 0.3) is 0 Å². The topological polar surface area (TPSA) is 28.2 Å². The van der Waals surface area contributed by atoms with Crippen molar-refractivity contribution in [3.63, 3.8) is 0 Å². The highest BCUT2D eigenvalue weighted by atomic mass is 19.1. The number of benzene rings is 3. The predicted octanol–water partition coefficient (Wildman–Crippen LogP) is 10.5. The van der Waals surface area contributed by atoms with Gasteiger partial charge in [-0.15, -0.1) is 0 Å². The fraction of sp³-hybridized carbons (Fsp3) is 0.333. The van der Waals surface area contributed by atoms with Crippen molar-refractivity contribution < 1.29 is 18.5 Å². The van der Waals surface area contributed by atoms with Gasteiger partial charge in [-0.05, 0) is 111 Å². The Morgan fingerprint density at radius 2 is 1.41 bits per heavy atom. The van der Waals surface area contributed by atoms with Crippen molar-refractivity contribution >= 4 is 5.57 Å². The lowest BCUT2D eigenvalue weighted by Gasteiger charge is -2.32. The highest BCUT2D eigenvalue weighted by Gasteiger charge is 2.22. The molecule has 0 saturated heterocycles. The first-order chi connectivity index (χ1) is 22.2. The van der Waals surface area contributed by atoms with Gasteiger partial charge in [0, 0.05) is 22.8 Å². The summed E-state index contributed by atoms with van der Waals surface area (Å²) in [4.78, 5) is 15.3. The zero-order chi connectivity index (χ0) is 33.6. The number of hydrogen-bond acceptors (Lipinski definition) is 5. The number of fused-ring (bicyclic) bond motifs is 1. The summed E-state index contributed by atoms with van der Waals surface area (Å²) in [6, 6.07) is 19.2. The van der Waals surface area contributed by atoms with Crippen molar-refractivity contribution in [3.8, 4) is 11.5 Å². The molecule has 0 bridgehead atoms. The summed E-state index contributed by atoms with van der Waals surface area (Å²) >= 11 is 0. The summed E-state index contributed by atoms with van der Waals surface area (Å²) in [6.45, 7) is 18.3. The van der Waals surface area contributed by atoms with Gasteiger partial charge in [0.2, 0.25) is 0 Å². The number of nitrogens with zero attached hydrogens (tertiary/aromatic N) is 3. The summed E-state index contributed by atoms with van der Waals surface area (Å²) in [6.07, 6.45) is 11.6. The highest BCUT2D eigenvalue weighted by molar-refractivity contribution is 5.69. The molecule has 0 aliphatic carbocycles. The molecule has 7 heteroatoms. The number of allylic oxidation sites excluding steroid dienone is 5. The van der Waals surface area contributed by atoms with Gasteiger partial charge in [-0.2, -0.15) is 0 Å². The van der Waals surface area contributed by atoms with Crippen LogP contribution in [0.2, 0.25) is 0 Å². The predicted molar refractivity (Wildman–Crippen MR) is 186 cm³/mol. The summed E-state index contributed by atoms with van der Waals surface area (Å²) < 4.78 is 26.5. The van der Waals surface area contributed by atoms with E-state index in [-0.39, 0.29) is 17.7 Å². The van der Waals surface area contributed by atoms with Gasteiger partial charge in [-0.3, -0.25) is 4.90 Å². The Balaban J connectivity index is 0.000000238. The molecule has 0 radical (unpaired) electrons. The second-order valence-electron chi connectivity index (χ2n) is 11.0. The number of halogens is 2. The van der Waals surface area contributed by atoms with Crippen molar-refractivity contribution in [2.24, 2.45) is 0 Å². The fourth-order valence-corrected chi connectivity index (χ4v) is 5.37. The Kier molecular flexibility index (Phi) is 14.2. The molecule has 0 atom stereocenters. The lowest BCUT2D eigenvalue weighted by atomic mass is 9.96. The third kappa shape index (κ3) is 9.90. The van der Waals surface area contributed by atoms with Crippen molar-refractivity contribution in [3.05, 3.63) is 137 Å². The van der Waals surface area contributed by atoms with Crippen molar-refractivity contribution in [2.45, 2.75) is 66.8 Å². The minimum Gasteiger partial charge on any atom is -0.367 e. The first-order valence-electron chi connectivity index (χ1n) is 16.2. The zero-order valence-corrected chi connectivity index (χ0v) is 28.4. The normalized spacial score (nSPS) is 14.0. The van der Waals surface area contributed by atoms with Gasteiger partial charge in [0.05, 0.1) is 13.1 Å². The molecule has 0 amide bonds. The van der Waals surface area contributed by atoms with Gasteiger partial charge in [0.1, 0.15) is 11.6 Å². The monoisotopic (exact) mass is 629 g/mol. The molecule has 2 aliphatic rings. The minimum atomic E-state index is -0.237. The van der Waals surface area contributed by atoms with Crippen LogP contribution < -0.4 is 9.68 Å². The van der Waals surface area contributed by atoms with E-state index < -0.39 is 0 Å². The third-order valence-corrected chi connectivity index (χ3v) is 7.38. The molecular formula is C39H49F2N3O2. The Labute approximate surface area is 274 Å². The Morgan fingerprint density at radius 3 is 1.93 bits per heavy atom. The van der Waals surface area contributed by atoms with Crippen LogP contribution in [0.5, 0.6) is 11.5 Å². The van der Waals surface area contributed by atoms with E-state index in [1.807, 2.05) is 63.2 Å². The maximum absolute atomic E-state index is 13.2. The molecule has 0 N–H and O–H groups in total. The van der Waals surface area contributed by atoms with Crippen LogP contribution in [0.3, 0.4) is 0 Å². The molecule has 2 aliphatic heterocycles. The number of hydroxylamine groups is 2. The van der Waals surface area contributed by atoms with Crippen LogP contribution in [0.15, 0.2) is 109 Å². The van der Waals surface area contributed by atoms with Crippen molar-refractivity contribution in [1.29, 1.82) is 0 Å². The summed E-state index contributed by atoms with van der Waals surface area (Å²) in [5.41, 5.74) is 6.48. The first-order valence-corrected chi connectivity index (χ1v) is 16.2. The molecule has 3 aromatic rings. The van der Waals surface area contributed by atoms with Crippen LogP contribution in [0.1, 0.15) is 83.5 Å². The minimum absolute atomic E-state index is 0.0288. The molecule has 2 heterocycles. The standard InChI is InChI=1S/C19H23F2N.C18H20N2O2.C2H6/c1-3-13-22(14-4-2)19(15-5-9-17(20)10-6-15)16-7-11-18(21)12-8-16;1-13(2)20-10-6-5-7-16(20)11-14(3)15-8-9-17-18(12-15)22-19(4)21-17;1-2/h5-12,19H,3-4,13-14H2,1-2H3;6-12H,1,5H2,2-4H3;1-2H3/b;14-11+;. The lowest BCUT2D eigenvalue weighted by molar-refractivity contribution is -0.204. The van der Waals surface area contributed by atoms with Crippen LogP contribution >= 0.6 is 0 Å². The second kappa shape index (κ2) is 18.1. The SMILES string of the molecule is C=C(C)N1C=CCC=C1/C=C(\C)c1ccc2c(c1)ON(C)O2.CC.CCCN(CCC)C(c1ccc(F)cc1)c1ccc(F)cc1. The van der Waals surface area contributed by atoms with E-state index in [1.54, 1.807) is 7.05 Å². The van der Waals surface area contributed by atoms with Crippen LogP contribution in [-0.4, -0.2) is 35.2 Å². The maximum Gasteiger partial charge on any atom is 0.196 e. The molecule has 0 spiro atoms. The van der Waals surface area contributed by atoms with Crippen molar-refractivity contribution in [2.75, 3.05) is 20.1 Å². The lowest BCUT2D eigenvalue weighted by Crippen LogP contribution is -2.31. The molecule has 0 unspecified atom stereocenters. The average molecular weight is 630 g/mol. The maximum atomic E-state index is 13.2. The van der Waals surface area contributed by atoms with Crippen LogP contribution in [0.25, 0.3) is 5.57 Å². The summed E-state index contributed by atoms with van der Waals surface area (Å²) in [5, 5.41) is 1.35. The van der Waals surface area contributed by atoms with E-state index in [9.17, 15) is 8.78 Å². The van der Waals surface area contributed by atoms with Gasteiger partial charge in [0.15, 0.2) is 11.5 Å². The summed E-state index contributed by atoms with van der Waals surface area (Å²) in [5.74, 6) is 1.00. The molecular weight excluding hydrogens is 580 g/mol. The molecule has 46 heavy (non-hydrogen) atoms. The van der Waals surface area contributed by atoms with Gasteiger partial charge < -0.3 is 14.6 Å². The number of rotatable bonds is 10. The van der Waals surface area contributed by atoms with E-state index in [1.165, 1.54) is 29.5 Å². The fourth-order valence-electron chi connectivity index (χ4n) is 5.37. The Morgan fingerprint density at radius 1 is 0.870 bits per heavy atom. The molecule has 246 valence electrons. The number of hydrogen-bond donors (Lipinski definition) is 0. The molecule has 0 aromatic heterocycles. The van der Waals surface area contributed by atoms with Crippen molar-refractivity contribution in [1.82, 2.24) is 15.0 Å². The zero-order valence-electron chi connectivity index (χ0n) is 28.4. The Bertz CT molecular complexity index is 1450. The molecule has 0 fully saturated rings. The smallest absolute Gasteiger partial charge is 0.196 e. The van der Waals surface area contributed by atoms with Gasteiger partial charge in [-0.25, -0.2) is 8.78 Å². The molecule has 5 rings (SSSR count). The molecule has 5 nitrogen and oxygen atoms in total. The van der Waals surface area contributed by atoms with E-state index in [0.717, 1.165) is 77.5 Å². The quantitative estimate of drug-likeness (QED) is 0.223. The largest absolute Gasteiger partial charge is 0.367 e. The summed E-state index contributed by atoms with van der Waals surface area (Å²) in [7, 11) is 1.73. The van der Waals surface area contributed by atoms with Gasteiger partial charge >= 0.3 is 0 Å². The van der Waals surface area contributed by atoms with E-state index >= 15 is 0 Å². The van der Waals surface area contributed by atoms with Crippen LogP contribution in [-0.2, 0) is 0 Å². The Hall–Kier alpha value is -4.20. The highest BCUT2D eigenvalue weighted by Crippen LogP contribution is 2.36. The average Bonchev–Trinajstić information content (AvgIpc) is 3.44.